The topological polar surface area (TPSA) is 95.5 Å². The lowest BCUT2D eigenvalue weighted by Crippen LogP contribution is -2.52. The summed E-state index contributed by atoms with van der Waals surface area (Å²) in [5.74, 6) is -1.81. The van der Waals surface area contributed by atoms with Crippen LogP contribution in [0.4, 0.5) is 24.5 Å². The first kappa shape index (κ1) is 23.3. The summed E-state index contributed by atoms with van der Waals surface area (Å²) in [7, 11) is -4.18. The van der Waals surface area contributed by atoms with E-state index in [0.29, 0.717) is 0 Å². The van der Waals surface area contributed by atoms with Crippen molar-refractivity contribution in [3.8, 4) is 0 Å². The van der Waals surface area contributed by atoms with Gasteiger partial charge in [0.15, 0.2) is 0 Å². The molecule has 0 spiro atoms. The number of hydrogen-bond acceptors (Lipinski definition) is 4. The number of sulfonamides is 1. The summed E-state index contributed by atoms with van der Waals surface area (Å²) < 4.78 is 65.7. The number of carbonyl (C=O) groups excluding carboxylic acids is 1. The number of aliphatic hydroxyl groups is 1. The van der Waals surface area contributed by atoms with Crippen LogP contribution in [0.1, 0.15) is 12.5 Å². The molecule has 0 bridgehead atoms. The minimum Gasteiger partial charge on any atom is -0.373 e. The number of carbonyl (C=O) groups is 1. The molecular weight excluding hydrogens is 456 g/mol. The average molecular weight is 471 g/mol. The molecule has 2 aromatic rings. The first-order chi connectivity index (χ1) is 13.2. The fourth-order valence-corrected chi connectivity index (χ4v) is 3.92. The third kappa shape index (κ3) is 4.95. The van der Waals surface area contributed by atoms with Crippen LogP contribution < -0.4 is 10.0 Å². The van der Waals surface area contributed by atoms with Gasteiger partial charge in [0.05, 0.1) is 15.7 Å². The lowest BCUT2D eigenvalue weighted by molar-refractivity contribution is -0.242. The molecule has 0 aliphatic carbocycles. The largest absolute Gasteiger partial charge is 0.426 e. The highest BCUT2D eigenvalue weighted by Gasteiger charge is 2.55. The Hall–Kier alpha value is -2.01. The Bertz CT molecular complexity index is 1040. The molecule has 12 heteroatoms. The Morgan fingerprint density at radius 3 is 2.10 bits per heavy atom. The molecular formula is C17H15Cl2F3N2O4S. The van der Waals surface area contributed by atoms with Crippen LogP contribution >= 0.6 is 23.2 Å². The highest BCUT2D eigenvalue weighted by Crippen LogP contribution is 2.37. The number of anilines is 2. The van der Waals surface area contributed by atoms with Gasteiger partial charge in [0.25, 0.3) is 15.9 Å². The predicted octanol–water partition coefficient (Wildman–Crippen LogP) is 4.35. The van der Waals surface area contributed by atoms with E-state index >= 15 is 0 Å². The van der Waals surface area contributed by atoms with E-state index in [0.717, 1.165) is 17.7 Å². The van der Waals surface area contributed by atoms with Gasteiger partial charge in [0, 0.05) is 5.69 Å². The molecule has 0 radical (unpaired) electrons. The van der Waals surface area contributed by atoms with Gasteiger partial charge in [-0.1, -0.05) is 40.9 Å². The monoisotopic (exact) mass is 470 g/mol. The second-order valence-corrected chi connectivity index (χ2v) is 8.64. The third-order valence-electron chi connectivity index (χ3n) is 3.88. The lowest BCUT2D eigenvalue weighted by atomic mass is 10.1. The highest BCUT2D eigenvalue weighted by molar-refractivity contribution is 7.92. The second kappa shape index (κ2) is 8.02. The normalized spacial score (nSPS) is 14.2. The zero-order valence-corrected chi connectivity index (χ0v) is 17.3. The molecule has 0 aliphatic heterocycles. The van der Waals surface area contributed by atoms with Crippen LogP contribution in [0.25, 0.3) is 0 Å². The van der Waals surface area contributed by atoms with Crippen molar-refractivity contribution in [2.45, 2.75) is 30.5 Å². The summed E-state index contributed by atoms with van der Waals surface area (Å²) in [5.41, 5.74) is -2.94. The van der Waals surface area contributed by atoms with Crippen LogP contribution in [0.15, 0.2) is 41.3 Å². The van der Waals surface area contributed by atoms with Gasteiger partial charge in [-0.3, -0.25) is 9.52 Å². The van der Waals surface area contributed by atoms with Gasteiger partial charge in [-0.2, -0.15) is 13.2 Å². The van der Waals surface area contributed by atoms with Gasteiger partial charge in [0.1, 0.15) is 4.90 Å². The Kier molecular flexibility index (Phi) is 6.43. The molecule has 0 aromatic heterocycles. The smallest absolute Gasteiger partial charge is 0.373 e. The summed E-state index contributed by atoms with van der Waals surface area (Å²) in [5, 5.41) is 10.2. The quantitative estimate of drug-likeness (QED) is 0.604. The number of alkyl halides is 3. The molecule has 1 amide bonds. The van der Waals surface area contributed by atoms with E-state index in [9.17, 15) is 31.5 Å². The van der Waals surface area contributed by atoms with E-state index in [4.69, 9.17) is 23.2 Å². The van der Waals surface area contributed by atoms with E-state index in [-0.39, 0.29) is 12.6 Å². The first-order valence-corrected chi connectivity index (χ1v) is 10.1. The van der Waals surface area contributed by atoms with Crippen LogP contribution in [0.2, 0.25) is 10.0 Å². The van der Waals surface area contributed by atoms with Crippen LogP contribution in [0, 0.1) is 6.92 Å². The van der Waals surface area contributed by atoms with Gasteiger partial charge in [0.2, 0.25) is 5.60 Å². The molecule has 0 fully saturated rings. The molecule has 29 heavy (non-hydrogen) atoms. The van der Waals surface area contributed by atoms with E-state index in [2.05, 4.69) is 4.72 Å². The molecule has 1 unspecified atom stereocenters. The molecule has 158 valence electrons. The number of benzene rings is 2. The molecule has 6 nitrogen and oxygen atoms in total. The maximum Gasteiger partial charge on any atom is 0.426 e. The van der Waals surface area contributed by atoms with Gasteiger partial charge in [-0.25, -0.2) is 8.42 Å². The summed E-state index contributed by atoms with van der Waals surface area (Å²) in [4.78, 5) is 11.3. The molecule has 3 N–H and O–H groups in total. The molecule has 1 atom stereocenters. The van der Waals surface area contributed by atoms with E-state index in [1.165, 1.54) is 12.1 Å². The standard InChI is InChI=1S/C17H15Cl2F3N2O4S/c1-9-3-5-10(6-4-9)24-29(27,28)12-8-7-11(13(18)14(12)19)23-15(25)16(2,26)17(20,21)22/h3-8,24,26H,1-2H3,(H,23,25). The maximum absolute atomic E-state index is 12.8. The average Bonchev–Trinajstić information content (AvgIpc) is 2.59. The minimum absolute atomic E-state index is 0.251. The van der Waals surface area contributed by atoms with E-state index in [1.54, 1.807) is 17.4 Å². The summed E-state index contributed by atoms with van der Waals surface area (Å²) in [6, 6.07) is 8.33. The van der Waals surface area contributed by atoms with E-state index < -0.39 is 48.3 Å². The van der Waals surface area contributed by atoms with E-state index in [1.807, 2.05) is 6.92 Å². The summed E-state index contributed by atoms with van der Waals surface area (Å²) in [6.45, 7) is 2.08. The number of aryl methyl sites for hydroxylation is 1. The van der Waals surface area contributed by atoms with Gasteiger partial charge in [-0.15, -0.1) is 0 Å². The zero-order valence-electron chi connectivity index (χ0n) is 14.9. The van der Waals surface area contributed by atoms with Crippen molar-refractivity contribution in [1.82, 2.24) is 0 Å². The van der Waals surface area contributed by atoms with Crippen LogP contribution in [0.5, 0.6) is 0 Å². The van der Waals surface area contributed by atoms with Crippen molar-refractivity contribution in [2.24, 2.45) is 0 Å². The number of rotatable bonds is 5. The van der Waals surface area contributed by atoms with Crippen LogP contribution in [-0.4, -0.2) is 31.2 Å². The van der Waals surface area contributed by atoms with Gasteiger partial charge < -0.3 is 10.4 Å². The zero-order chi connectivity index (χ0) is 22.2. The molecule has 0 heterocycles. The molecule has 0 saturated carbocycles. The highest BCUT2D eigenvalue weighted by atomic mass is 35.5. The molecule has 0 saturated heterocycles. The Morgan fingerprint density at radius 2 is 1.59 bits per heavy atom. The van der Waals surface area contributed by atoms with Crippen molar-refractivity contribution in [3.05, 3.63) is 52.0 Å². The van der Waals surface area contributed by atoms with Crippen molar-refractivity contribution in [2.75, 3.05) is 10.0 Å². The lowest BCUT2D eigenvalue weighted by Gasteiger charge is -2.25. The van der Waals surface area contributed by atoms with Crippen molar-refractivity contribution in [1.29, 1.82) is 0 Å². The third-order valence-corrected chi connectivity index (χ3v) is 6.30. The number of halogens is 5. The second-order valence-electron chi connectivity index (χ2n) is 6.23. The Balaban J connectivity index is 2.33. The fraction of sp³-hybridized carbons (Fsp3) is 0.235. The summed E-state index contributed by atoms with van der Waals surface area (Å²) in [6.07, 6.45) is -5.24. The molecule has 0 aliphatic rings. The number of hydrogen-bond donors (Lipinski definition) is 3. The van der Waals surface area contributed by atoms with Gasteiger partial charge in [-0.05, 0) is 38.1 Å². The Morgan fingerprint density at radius 1 is 1.03 bits per heavy atom. The van der Waals surface area contributed by atoms with Gasteiger partial charge >= 0.3 is 6.18 Å². The number of amides is 1. The van der Waals surface area contributed by atoms with Crippen molar-refractivity contribution in [3.63, 3.8) is 0 Å². The SMILES string of the molecule is Cc1ccc(NS(=O)(=O)c2ccc(NC(=O)C(C)(O)C(F)(F)F)c(Cl)c2Cl)cc1. The van der Waals surface area contributed by atoms with Crippen LogP contribution in [0.3, 0.4) is 0 Å². The predicted molar refractivity (Wildman–Crippen MR) is 104 cm³/mol. The Labute approximate surface area is 174 Å². The maximum atomic E-state index is 12.8. The summed E-state index contributed by atoms with van der Waals surface area (Å²) >= 11 is 11.9. The molecule has 2 aromatic carbocycles. The van der Waals surface area contributed by atoms with Crippen molar-refractivity contribution < 1.29 is 31.5 Å². The van der Waals surface area contributed by atoms with Crippen LogP contribution in [-0.2, 0) is 14.8 Å². The minimum atomic E-state index is -5.24. The molecule has 2 rings (SSSR count). The number of nitrogens with one attached hydrogen (secondary N) is 2. The van der Waals surface area contributed by atoms with Crippen molar-refractivity contribution >= 4 is 50.5 Å². The fourth-order valence-electron chi connectivity index (χ4n) is 2.04. The first-order valence-electron chi connectivity index (χ1n) is 7.85.